The van der Waals surface area contributed by atoms with Crippen molar-refractivity contribution in [3.8, 4) is 11.3 Å². The standard InChI is InChI=1S/C26H21N3O2S/c30-23-13-19(25(31)28-26-27-21(15-32-26)16-5-2-1-3-6-16)14-29(23)22-12-11-18-10-9-17-7-4-8-20(22)24(17)18/h1-8,11-12,15,19H,9-10,13-14H2,(H,27,28,31). The van der Waals surface area contributed by atoms with Gasteiger partial charge >= 0.3 is 0 Å². The summed E-state index contributed by atoms with van der Waals surface area (Å²) in [6.07, 6.45) is 2.31. The molecule has 6 rings (SSSR count). The molecule has 3 aromatic carbocycles. The Balaban J connectivity index is 1.22. The zero-order chi connectivity index (χ0) is 21.7. The zero-order valence-corrected chi connectivity index (χ0v) is 18.2. The van der Waals surface area contributed by atoms with Crippen LogP contribution in [-0.4, -0.2) is 23.3 Å². The summed E-state index contributed by atoms with van der Waals surface area (Å²) in [6.45, 7) is 0.389. The molecular weight excluding hydrogens is 418 g/mol. The monoisotopic (exact) mass is 439 g/mol. The van der Waals surface area contributed by atoms with Gasteiger partial charge in [0, 0.05) is 29.3 Å². The van der Waals surface area contributed by atoms with E-state index >= 15 is 0 Å². The Kier molecular flexibility index (Phi) is 4.54. The van der Waals surface area contributed by atoms with E-state index in [4.69, 9.17) is 0 Å². The first-order chi connectivity index (χ1) is 15.7. The van der Waals surface area contributed by atoms with Gasteiger partial charge in [-0.1, -0.05) is 54.6 Å². The first-order valence-corrected chi connectivity index (χ1v) is 11.7. The van der Waals surface area contributed by atoms with Crippen LogP contribution in [0.2, 0.25) is 0 Å². The van der Waals surface area contributed by atoms with Crippen LogP contribution in [0.1, 0.15) is 17.5 Å². The van der Waals surface area contributed by atoms with E-state index in [2.05, 4.69) is 34.6 Å². The number of hydrogen-bond donors (Lipinski definition) is 1. The van der Waals surface area contributed by atoms with Crippen LogP contribution in [0.3, 0.4) is 0 Å². The zero-order valence-electron chi connectivity index (χ0n) is 17.4. The van der Waals surface area contributed by atoms with Gasteiger partial charge in [0.05, 0.1) is 17.3 Å². The number of thiazole rings is 1. The van der Waals surface area contributed by atoms with Gasteiger partial charge in [0.2, 0.25) is 11.8 Å². The number of benzene rings is 3. The molecule has 5 nitrogen and oxygen atoms in total. The molecule has 0 spiro atoms. The molecule has 1 aromatic heterocycles. The fourth-order valence-corrected chi connectivity index (χ4v) is 5.59. The number of amides is 2. The summed E-state index contributed by atoms with van der Waals surface area (Å²) < 4.78 is 0. The van der Waals surface area contributed by atoms with Crippen molar-refractivity contribution in [3.05, 3.63) is 77.2 Å². The number of aryl methyl sites for hydroxylation is 2. The van der Waals surface area contributed by atoms with Crippen molar-refractivity contribution < 1.29 is 9.59 Å². The highest BCUT2D eigenvalue weighted by Crippen LogP contribution is 2.38. The highest BCUT2D eigenvalue weighted by atomic mass is 32.1. The van der Waals surface area contributed by atoms with E-state index in [1.165, 1.54) is 27.8 Å². The number of rotatable bonds is 4. The molecular formula is C26H21N3O2S. The average Bonchev–Trinajstić information content (AvgIpc) is 3.55. The van der Waals surface area contributed by atoms with Gasteiger partial charge < -0.3 is 10.2 Å². The van der Waals surface area contributed by atoms with Crippen molar-refractivity contribution in [3.63, 3.8) is 0 Å². The van der Waals surface area contributed by atoms with Crippen molar-refractivity contribution >= 4 is 44.7 Å². The van der Waals surface area contributed by atoms with Gasteiger partial charge in [0.15, 0.2) is 5.13 Å². The number of carbonyl (C=O) groups excluding carboxylic acids is 2. The Morgan fingerprint density at radius 1 is 1.00 bits per heavy atom. The third-order valence-electron chi connectivity index (χ3n) is 6.44. The molecule has 6 heteroatoms. The van der Waals surface area contributed by atoms with Gasteiger partial charge in [-0.2, -0.15) is 0 Å². The van der Waals surface area contributed by atoms with E-state index in [0.29, 0.717) is 11.7 Å². The molecule has 2 amide bonds. The summed E-state index contributed by atoms with van der Waals surface area (Å²) in [4.78, 5) is 32.2. The van der Waals surface area contributed by atoms with E-state index in [0.717, 1.165) is 35.2 Å². The summed E-state index contributed by atoms with van der Waals surface area (Å²) in [5.74, 6) is -0.552. The SMILES string of the molecule is O=C(Nc1nc(-c2ccccc2)cs1)C1CC(=O)N(c2ccc3c4c(cccc24)CC3)C1. The van der Waals surface area contributed by atoms with E-state index < -0.39 is 5.92 Å². The van der Waals surface area contributed by atoms with Gasteiger partial charge in [-0.3, -0.25) is 9.59 Å². The molecule has 0 bridgehead atoms. The first-order valence-electron chi connectivity index (χ1n) is 10.8. The van der Waals surface area contributed by atoms with E-state index in [1.54, 1.807) is 4.90 Å². The van der Waals surface area contributed by atoms with Crippen molar-refractivity contribution in [1.29, 1.82) is 0 Å². The number of anilines is 2. The smallest absolute Gasteiger partial charge is 0.231 e. The summed E-state index contributed by atoms with van der Waals surface area (Å²) in [5.41, 5.74) is 5.45. The van der Waals surface area contributed by atoms with Gasteiger partial charge in [-0.15, -0.1) is 11.3 Å². The average molecular weight is 440 g/mol. The molecule has 1 saturated heterocycles. The van der Waals surface area contributed by atoms with Crippen molar-refractivity contribution in [2.75, 3.05) is 16.8 Å². The predicted octanol–water partition coefficient (Wildman–Crippen LogP) is 5.05. The summed E-state index contributed by atoms with van der Waals surface area (Å²) in [6, 6.07) is 20.4. The van der Waals surface area contributed by atoms with Crippen LogP contribution >= 0.6 is 11.3 Å². The number of carbonyl (C=O) groups is 2. The molecule has 4 aromatic rings. The lowest BCUT2D eigenvalue weighted by Gasteiger charge is -2.19. The maximum Gasteiger partial charge on any atom is 0.231 e. The topological polar surface area (TPSA) is 62.3 Å². The third-order valence-corrected chi connectivity index (χ3v) is 7.20. The molecule has 1 unspecified atom stereocenters. The normalized spacial score (nSPS) is 17.3. The fourth-order valence-electron chi connectivity index (χ4n) is 4.86. The first kappa shape index (κ1) is 19.2. The van der Waals surface area contributed by atoms with Crippen molar-refractivity contribution in [2.24, 2.45) is 5.92 Å². The lowest BCUT2D eigenvalue weighted by atomic mass is 10.0. The molecule has 1 fully saturated rings. The number of aromatic nitrogens is 1. The third kappa shape index (κ3) is 3.19. The molecule has 1 aliphatic heterocycles. The molecule has 2 heterocycles. The number of hydrogen-bond acceptors (Lipinski definition) is 4. The maximum absolute atomic E-state index is 12.9. The second-order valence-electron chi connectivity index (χ2n) is 8.38. The molecule has 2 aliphatic rings. The second-order valence-corrected chi connectivity index (χ2v) is 9.24. The molecule has 158 valence electrons. The van der Waals surface area contributed by atoms with Gasteiger partial charge in [-0.05, 0) is 35.4 Å². The Bertz CT molecular complexity index is 1350. The van der Waals surface area contributed by atoms with Crippen molar-refractivity contribution in [2.45, 2.75) is 19.3 Å². The minimum absolute atomic E-state index is 0.00652. The summed E-state index contributed by atoms with van der Waals surface area (Å²) >= 11 is 1.40. The molecule has 1 atom stereocenters. The van der Waals surface area contributed by atoms with Crippen LogP contribution in [0, 0.1) is 5.92 Å². The minimum atomic E-state index is -0.394. The summed E-state index contributed by atoms with van der Waals surface area (Å²) in [7, 11) is 0. The lowest BCUT2D eigenvalue weighted by Crippen LogP contribution is -2.28. The van der Waals surface area contributed by atoms with E-state index in [1.807, 2.05) is 41.8 Å². The lowest BCUT2D eigenvalue weighted by molar-refractivity contribution is -0.122. The fraction of sp³-hybridized carbons (Fsp3) is 0.192. The van der Waals surface area contributed by atoms with Crippen LogP contribution in [0.25, 0.3) is 22.0 Å². The second kappa shape index (κ2) is 7.57. The summed E-state index contributed by atoms with van der Waals surface area (Å²) in [5, 5.41) is 7.81. The van der Waals surface area contributed by atoms with Crippen LogP contribution in [0.15, 0.2) is 66.0 Å². The Morgan fingerprint density at radius 2 is 1.81 bits per heavy atom. The molecule has 1 aliphatic carbocycles. The van der Waals surface area contributed by atoms with Crippen molar-refractivity contribution in [1.82, 2.24) is 4.98 Å². The highest BCUT2D eigenvalue weighted by Gasteiger charge is 2.36. The minimum Gasteiger partial charge on any atom is -0.311 e. The van der Waals surface area contributed by atoms with Crippen LogP contribution in [-0.2, 0) is 22.4 Å². The van der Waals surface area contributed by atoms with E-state index in [-0.39, 0.29) is 18.2 Å². The van der Waals surface area contributed by atoms with Gasteiger partial charge in [-0.25, -0.2) is 4.98 Å². The van der Waals surface area contributed by atoms with Crippen LogP contribution in [0.4, 0.5) is 10.8 Å². The Hall–Kier alpha value is -3.51. The van der Waals surface area contributed by atoms with Gasteiger partial charge in [0.1, 0.15) is 0 Å². The van der Waals surface area contributed by atoms with Crippen LogP contribution in [0.5, 0.6) is 0 Å². The largest absolute Gasteiger partial charge is 0.311 e. The Labute approximate surface area is 189 Å². The quantitative estimate of drug-likeness (QED) is 0.484. The maximum atomic E-state index is 12.9. The van der Waals surface area contributed by atoms with E-state index in [9.17, 15) is 9.59 Å². The van der Waals surface area contributed by atoms with Gasteiger partial charge in [0.25, 0.3) is 0 Å². The molecule has 1 N–H and O–H groups in total. The van der Waals surface area contributed by atoms with Crippen LogP contribution < -0.4 is 10.2 Å². The molecule has 0 saturated carbocycles. The Morgan fingerprint density at radius 3 is 2.66 bits per heavy atom. The number of nitrogens with zero attached hydrogens (tertiary/aromatic N) is 2. The highest BCUT2D eigenvalue weighted by molar-refractivity contribution is 7.14. The number of nitrogens with one attached hydrogen (secondary N) is 1. The molecule has 32 heavy (non-hydrogen) atoms. The predicted molar refractivity (Wildman–Crippen MR) is 128 cm³/mol. The molecule has 0 radical (unpaired) electrons.